The van der Waals surface area contributed by atoms with E-state index in [1.54, 1.807) is 32.2 Å². The quantitative estimate of drug-likeness (QED) is 0.714. The summed E-state index contributed by atoms with van der Waals surface area (Å²) in [6.07, 6.45) is 1.93. The molecule has 0 atom stereocenters. The minimum Gasteiger partial charge on any atom is -0.419 e. The molecule has 8 heteroatoms. The maximum Gasteiger partial charge on any atom is 0.266 e. The van der Waals surface area contributed by atoms with Crippen LogP contribution in [-0.2, 0) is 16.4 Å². The number of nitrogens with zero attached hydrogens (tertiary/aromatic N) is 3. The van der Waals surface area contributed by atoms with Crippen LogP contribution in [0.1, 0.15) is 22.6 Å². The molecule has 0 spiro atoms. The number of sulfonamides is 1. The number of hydrogen-bond donors (Lipinski definition) is 1. The second-order valence-electron chi connectivity index (χ2n) is 6.09. The zero-order valence-corrected chi connectivity index (χ0v) is 15.7. The van der Waals surface area contributed by atoms with Crippen LogP contribution in [0.2, 0.25) is 0 Å². The van der Waals surface area contributed by atoms with E-state index in [9.17, 15) is 8.42 Å². The van der Waals surface area contributed by atoms with Gasteiger partial charge >= 0.3 is 0 Å². The Labute approximate surface area is 152 Å². The van der Waals surface area contributed by atoms with Crippen LogP contribution in [0.4, 0.5) is 0 Å². The third-order valence-electron chi connectivity index (χ3n) is 3.86. The van der Waals surface area contributed by atoms with E-state index < -0.39 is 10.0 Å². The summed E-state index contributed by atoms with van der Waals surface area (Å²) in [6, 6.07) is 9.11. The minimum atomic E-state index is -3.61. The van der Waals surface area contributed by atoms with Crippen molar-refractivity contribution in [3.05, 3.63) is 59.1 Å². The number of nitrogens with one attached hydrogen (secondary N) is 1. The van der Waals surface area contributed by atoms with Crippen molar-refractivity contribution in [1.82, 2.24) is 19.9 Å². The molecular formula is C18H20N4O3S. The highest BCUT2D eigenvalue weighted by Gasteiger charge is 2.20. The first-order valence-electron chi connectivity index (χ1n) is 8.18. The Kier molecular flexibility index (Phi) is 5.15. The van der Waals surface area contributed by atoms with Crippen LogP contribution in [-0.4, -0.2) is 30.1 Å². The average molecular weight is 372 g/mol. The Morgan fingerprint density at radius 3 is 2.46 bits per heavy atom. The summed E-state index contributed by atoms with van der Waals surface area (Å²) in [5.41, 5.74) is 3.07. The van der Waals surface area contributed by atoms with Crippen LogP contribution in [0.3, 0.4) is 0 Å². The van der Waals surface area contributed by atoms with Gasteiger partial charge in [-0.1, -0.05) is 23.8 Å². The molecule has 0 aliphatic rings. The number of aryl methyl sites for hydroxylation is 3. The van der Waals surface area contributed by atoms with E-state index in [1.807, 2.05) is 25.1 Å². The van der Waals surface area contributed by atoms with E-state index in [4.69, 9.17) is 4.42 Å². The van der Waals surface area contributed by atoms with Crippen molar-refractivity contribution in [2.75, 3.05) is 6.54 Å². The Hall–Kier alpha value is -2.58. The second-order valence-corrected chi connectivity index (χ2v) is 7.80. The molecule has 1 N–H and O–H groups in total. The van der Waals surface area contributed by atoms with Crippen LogP contribution in [0.25, 0.3) is 11.6 Å². The summed E-state index contributed by atoms with van der Waals surface area (Å²) >= 11 is 0. The molecule has 0 unspecified atom stereocenters. The van der Waals surface area contributed by atoms with Gasteiger partial charge in [0.25, 0.3) is 5.89 Å². The molecule has 0 saturated carbocycles. The van der Waals surface area contributed by atoms with Crippen LogP contribution >= 0.6 is 0 Å². The summed E-state index contributed by atoms with van der Waals surface area (Å²) in [4.78, 5) is 4.46. The molecule has 2 aromatic heterocycles. The van der Waals surface area contributed by atoms with Gasteiger partial charge in [0.05, 0.1) is 4.90 Å². The van der Waals surface area contributed by atoms with Gasteiger partial charge in [-0.15, -0.1) is 10.2 Å². The summed E-state index contributed by atoms with van der Waals surface area (Å²) in [5.74, 6) is 0.666. The number of pyridine rings is 1. The molecule has 0 saturated heterocycles. The summed E-state index contributed by atoms with van der Waals surface area (Å²) in [6.45, 7) is 5.70. The number of benzene rings is 1. The lowest BCUT2D eigenvalue weighted by atomic mass is 10.1. The number of aromatic nitrogens is 3. The first-order valence-corrected chi connectivity index (χ1v) is 9.66. The minimum absolute atomic E-state index is 0.166. The lowest BCUT2D eigenvalue weighted by Crippen LogP contribution is -2.27. The zero-order chi connectivity index (χ0) is 18.7. The fourth-order valence-electron chi connectivity index (χ4n) is 2.90. The average Bonchev–Trinajstić information content (AvgIpc) is 3.03. The third-order valence-corrected chi connectivity index (χ3v) is 5.62. The Morgan fingerprint density at radius 1 is 1.08 bits per heavy atom. The van der Waals surface area contributed by atoms with Crippen LogP contribution in [0.5, 0.6) is 0 Å². The maximum absolute atomic E-state index is 12.6. The normalized spacial score (nSPS) is 11.7. The van der Waals surface area contributed by atoms with Gasteiger partial charge in [-0.3, -0.25) is 4.98 Å². The van der Waals surface area contributed by atoms with Gasteiger partial charge in [0.1, 0.15) is 5.69 Å². The van der Waals surface area contributed by atoms with Gasteiger partial charge in [0.15, 0.2) is 0 Å². The lowest BCUT2D eigenvalue weighted by Gasteiger charge is -2.12. The zero-order valence-electron chi connectivity index (χ0n) is 14.9. The van der Waals surface area contributed by atoms with Crippen LogP contribution in [0, 0.1) is 20.8 Å². The molecule has 0 aliphatic heterocycles. The molecule has 26 heavy (non-hydrogen) atoms. The Morgan fingerprint density at radius 2 is 1.81 bits per heavy atom. The van der Waals surface area contributed by atoms with Crippen molar-refractivity contribution in [1.29, 1.82) is 0 Å². The molecule has 0 bridgehead atoms. The SMILES string of the molecule is Cc1cc(C)c(S(=O)(=O)NCCc2nnc(-c3ccccn3)o2)c(C)c1. The Balaban J connectivity index is 1.68. The Bertz CT molecular complexity index is 991. The van der Waals surface area contributed by atoms with Gasteiger partial charge in [-0.2, -0.15) is 0 Å². The predicted octanol–water partition coefficient (Wildman–Crippen LogP) is 2.58. The van der Waals surface area contributed by atoms with E-state index in [-0.39, 0.29) is 6.54 Å². The molecule has 136 valence electrons. The standard InChI is InChI=1S/C18H20N4O3S/c1-12-10-13(2)17(14(3)11-12)26(23,24)20-9-7-16-21-22-18(25-16)15-6-4-5-8-19-15/h4-6,8,10-11,20H,7,9H2,1-3H3. The predicted molar refractivity (Wildman–Crippen MR) is 97.1 cm³/mol. The van der Waals surface area contributed by atoms with Crippen molar-refractivity contribution >= 4 is 10.0 Å². The first kappa shape index (κ1) is 18.2. The molecule has 0 amide bonds. The molecule has 0 radical (unpaired) electrons. The highest BCUT2D eigenvalue weighted by Crippen LogP contribution is 2.21. The summed E-state index contributed by atoms with van der Waals surface area (Å²) in [5, 5.41) is 7.88. The summed E-state index contributed by atoms with van der Waals surface area (Å²) in [7, 11) is -3.61. The highest BCUT2D eigenvalue weighted by atomic mass is 32.2. The van der Waals surface area contributed by atoms with Crippen molar-refractivity contribution < 1.29 is 12.8 Å². The van der Waals surface area contributed by atoms with E-state index in [0.29, 0.717) is 28.8 Å². The van der Waals surface area contributed by atoms with Crippen LogP contribution < -0.4 is 4.72 Å². The summed E-state index contributed by atoms with van der Waals surface area (Å²) < 4.78 is 33.4. The van der Waals surface area contributed by atoms with Gasteiger partial charge < -0.3 is 4.42 Å². The lowest BCUT2D eigenvalue weighted by molar-refractivity contribution is 0.500. The number of hydrogen-bond acceptors (Lipinski definition) is 6. The van der Waals surface area contributed by atoms with Crippen LogP contribution in [0.15, 0.2) is 45.8 Å². The van der Waals surface area contributed by atoms with Gasteiger partial charge in [-0.05, 0) is 44.0 Å². The third kappa shape index (κ3) is 3.97. The van der Waals surface area contributed by atoms with E-state index in [2.05, 4.69) is 19.9 Å². The smallest absolute Gasteiger partial charge is 0.266 e. The molecule has 1 aromatic carbocycles. The topological polar surface area (TPSA) is 98.0 Å². The molecule has 2 heterocycles. The van der Waals surface area contributed by atoms with Crippen molar-refractivity contribution in [3.8, 4) is 11.6 Å². The fraction of sp³-hybridized carbons (Fsp3) is 0.278. The molecule has 3 rings (SSSR count). The maximum atomic E-state index is 12.6. The van der Waals surface area contributed by atoms with Gasteiger partial charge in [-0.25, -0.2) is 13.1 Å². The molecule has 0 fully saturated rings. The molecule has 0 aliphatic carbocycles. The second kappa shape index (κ2) is 7.35. The van der Waals surface area contributed by atoms with Gasteiger partial charge in [0.2, 0.25) is 15.9 Å². The fourth-order valence-corrected chi connectivity index (χ4v) is 4.38. The van der Waals surface area contributed by atoms with Gasteiger partial charge in [0, 0.05) is 19.2 Å². The van der Waals surface area contributed by atoms with Crippen molar-refractivity contribution in [3.63, 3.8) is 0 Å². The van der Waals surface area contributed by atoms with Crippen molar-refractivity contribution in [2.24, 2.45) is 0 Å². The molecule has 7 nitrogen and oxygen atoms in total. The largest absolute Gasteiger partial charge is 0.419 e. The van der Waals surface area contributed by atoms with E-state index in [0.717, 1.165) is 16.7 Å². The molecule has 3 aromatic rings. The molecular weight excluding hydrogens is 352 g/mol. The highest BCUT2D eigenvalue weighted by molar-refractivity contribution is 7.89. The van der Waals surface area contributed by atoms with Crippen molar-refractivity contribution in [2.45, 2.75) is 32.1 Å². The number of rotatable bonds is 6. The monoisotopic (exact) mass is 372 g/mol. The van der Waals surface area contributed by atoms with E-state index >= 15 is 0 Å². The van der Waals surface area contributed by atoms with E-state index in [1.165, 1.54) is 0 Å². The first-order chi connectivity index (χ1) is 12.4.